The van der Waals surface area contributed by atoms with E-state index in [1.165, 1.54) is 17.4 Å². The first-order valence-electron chi connectivity index (χ1n) is 10.3. The fourth-order valence-corrected chi connectivity index (χ4v) is 4.81. The quantitative estimate of drug-likeness (QED) is 0.594. The molecule has 2 aliphatic rings. The Labute approximate surface area is 183 Å². The monoisotopic (exact) mass is 467 g/mol. The van der Waals surface area contributed by atoms with Crippen molar-refractivity contribution in [3.05, 3.63) is 63.5 Å². The third-order valence-electron chi connectivity index (χ3n) is 6.15. The zero-order valence-corrected chi connectivity index (χ0v) is 18.3. The van der Waals surface area contributed by atoms with Gasteiger partial charge < -0.3 is 19.2 Å². The molecule has 5 rings (SSSR count). The molecule has 154 valence electrons. The van der Waals surface area contributed by atoms with Crippen LogP contribution in [0.25, 0.3) is 17.0 Å². The van der Waals surface area contributed by atoms with Crippen molar-refractivity contribution in [2.75, 3.05) is 6.54 Å². The van der Waals surface area contributed by atoms with Gasteiger partial charge in [-0.15, -0.1) is 0 Å². The van der Waals surface area contributed by atoms with Crippen molar-refractivity contribution in [1.29, 1.82) is 0 Å². The molecular formula is C24H22BrNO4. The number of fused-ring (bicyclic) bond motifs is 2. The Morgan fingerprint density at radius 1 is 1.23 bits per heavy atom. The molecule has 0 bridgehead atoms. The Bertz CT molecular complexity index is 1180. The zero-order chi connectivity index (χ0) is 20.8. The van der Waals surface area contributed by atoms with Crippen molar-refractivity contribution in [3.63, 3.8) is 0 Å². The number of quaternary nitrogens is 1. The number of nitrogens with one attached hydrogen (secondary N) is 1. The van der Waals surface area contributed by atoms with Gasteiger partial charge in [0.2, 0.25) is 5.78 Å². The number of Topliss-reactive ketones (excluding diaryl/α,β-unsaturated/α-hetero) is 1. The number of ether oxygens (including phenoxy) is 1. The molecule has 0 saturated carbocycles. The largest absolute Gasteiger partial charge is 0.872 e. The molecule has 1 saturated heterocycles. The number of furan rings is 1. The SMILES string of the molecule is CC1CCCC[NH+]1Cc1c([O-])ccc2c1O/C(=C\c1cc3cc(Br)ccc3o1)C2=O. The second kappa shape index (κ2) is 7.60. The number of hydrogen-bond donors (Lipinski definition) is 1. The van der Waals surface area contributed by atoms with Gasteiger partial charge in [-0.3, -0.25) is 4.79 Å². The molecule has 0 radical (unpaired) electrons. The summed E-state index contributed by atoms with van der Waals surface area (Å²) in [5.41, 5.74) is 1.79. The molecule has 3 aromatic rings. The number of carbonyl (C=O) groups is 1. The number of ketones is 1. The molecule has 2 atom stereocenters. The summed E-state index contributed by atoms with van der Waals surface area (Å²) < 4.78 is 12.7. The van der Waals surface area contributed by atoms with E-state index in [-0.39, 0.29) is 17.3 Å². The maximum absolute atomic E-state index is 12.9. The minimum Gasteiger partial charge on any atom is -0.872 e. The lowest BCUT2D eigenvalue weighted by molar-refractivity contribution is -0.942. The van der Waals surface area contributed by atoms with Gasteiger partial charge >= 0.3 is 0 Å². The summed E-state index contributed by atoms with van der Waals surface area (Å²) in [4.78, 5) is 14.3. The highest BCUT2D eigenvalue weighted by atomic mass is 79.9. The van der Waals surface area contributed by atoms with Crippen LogP contribution in [0.4, 0.5) is 0 Å². The van der Waals surface area contributed by atoms with E-state index in [2.05, 4.69) is 22.9 Å². The smallest absolute Gasteiger partial charge is 0.232 e. The van der Waals surface area contributed by atoms with Crippen LogP contribution >= 0.6 is 15.9 Å². The molecular weight excluding hydrogens is 446 g/mol. The Morgan fingerprint density at radius 3 is 2.93 bits per heavy atom. The molecule has 2 aromatic carbocycles. The molecule has 0 aliphatic carbocycles. The fourth-order valence-electron chi connectivity index (χ4n) is 4.43. The summed E-state index contributed by atoms with van der Waals surface area (Å²) in [6, 6.07) is 11.2. The Morgan fingerprint density at radius 2 is 2.10 bits per heavy atom. The minimum atomic E-state index is -0.213. The summed E-state index contributed by atoms with van der Waals surface area (Å²) in [5.74, 6) is 0.870. The lowest BCUT2D eigenvalue weighted by atomic mass is 10.0. The number of halogens is 1. The maximum Gasteiger partial charge on any atom is 0.232 e. The first kappa shape index (κ1) is 19.4. The maximum atomic E-state index is 12.9. The van der Waals surface area contributed by atoms with Gasteiger partial charge in [0.15, 0.2) is 5.76 Å². The van der Waals surface area contributed by atoms with E-state index in [1.807, 2.05) is 24.3 Å². The minimum absolute atomic E-state index is 0.0679. The molecule has 30 heavy (non-hydrogen) atoms. The van der Waals surface area contributed by atoms with E-state index < -0.39 is 0 Å². The van der Waals surface area contributed by atoms with E-state index in [4.69, 9.17) is 9.15 Å². The average Bonchev–Trinajstić information content (AvgIpc) is 3.26. The number of allylic oxidation sites excluding steroid dienone is 1. The highest BCUT2D eigenvalue weighted by Gasteiger charge is 2.32. The van der Waals surface area contributed by atoms with Crippen LogP contribution in [0.2, 0.25) is 0 Å². The third-order valence-corrected chi connectivity index (χ3v) is 6.65. The number of benzene rings is 2. The van der Waals surface area contributed by atoms with E-state index in [0.717, 1.165) is 34.8 Å². The first-order valence-corrected chi connectivity index (χ1v) is 11.1. The van der Waals surface area contributed by atoms with Crippen molar-refractivity contribution in [3.8, 4) is 11.5 Å². The fraction of sp³-hybridized carbons (Fsp3) is 0.292. The first-order chi connectivity index (χ1) is 14.5. The van der Waals surface area contributed by atoms with Crippen LogP contribution in [0.1, 0.15) is 47.9 Å². The standard InChI is InChI=1S/C24H22BrNO4/c1-14-4-2-3-9-26(14)13-19-20(27)7-6-18-23(28)22(30-24(18)19)12-17-11-15-10-16(25)5-8-21(15)29-17/h5-8,10-12,14,27H,2-4,9,13H2,1H3/b22-12-. The van der Waals surface area contributed by atoms with Crippen LogP contribution in [0.3, 0.4) is 0 Å². The summed E-state index contributed by atoms with van der Waals surface area (Å²) in [5, 5.41) is 13.6. The van der Waals surface area contributed by atoms with Gasteiger partial charge in [-0.1, -0.05) is 27.7 Å². The predicted octanol–water partition coefficient (Wildman–Crippen LogP) is 3.84. The molecule has 6 heteroatoms. The van der Waals surface area contributed by atoms with E-state index in [9.17, 15) is 9.90 Å². The summed E-state index contributed by atoms with van der Waals surface area (Å²) in [6.07, 6.45) is 5.17. The molecule has 3 heterocycles. The third kappa shape index (κ3) is 3.44. The number of carbonyl (C=O) groups excluding carboxylic acids is 1. The summed E-state index contributed by atoms with van der Waals surface area (Å²) >= 11 is 3.45. The van der Waals surface area contributed by atoms with Crippen LogP contribution in [0, 0.1) is 0 Å². The molecule has 1 aromatic heterocycles. The van der Waals surface area contributed by atoms with Crippen molar-refractivity contribution in [2.45, 2.75) is 38.8 Å². The van der Waals surface area contributed by atoms with Crippen molar-refractivity contribution < 1.29 is 24.0 Å². The normalized spacial score (nSPS) is 22.5. The van der Waals surface area contributed by atoms with Crippen LogP contribution < -0.4 is 14.7 Å². The molecule has 2 unspecified atom stereocenters. The molecule has 1 fully saturated rings. The highest BCUT2D eigenvalue weighted by molar-refractivity contribution is 9.10. The van der Waals surface area contributed by atoms with Gasteiger partial charge in [0.1, 0.15) is 23.6 Å². The van der Waals surface area contributed by atoms with Crippen LogP contribution in [0.15, 0.2) is 51.0 Å². The van der Waals surface area contributed by atoms with Gasteiger partial charge in [-0.25, -0.2) is 0 Å². The van der Waals surface area contributed by atoms with Gasteiger partial charge in [-0.05, 0) is 56.5 Å². The summed E-state index contributed by atoms with van der Waals surface area (Å²) in [7, 11) is 0. The highest BCUT2D eigenvalue weighted by Crippen LogP contribution is 2.38. The Kier molecular flexibility index (Phi) is 4.91. The molecule has 5 nitrogen and oxygen atoms in total. The van der Waals surface area contributed by atoms with Gasteiger partial charge in [-0.2, -0.15) is 0 Å². The van der Waals surface area contributed by atoms with Gasteiger partial charge in [0, 0.05) is 21.5 Å². The average molecular weight is 468 g/mol. The summed E-state index contributed by atoms with van der Waals surface area (Å²) in [6.45, 7) is 3.84. The number of piperidine rings is 1. The van der Waals surface area contributed by atoms with E-state index in [0.29, 0.717) is 35.2 Å². The van der Waals surface area contributed by atoms with Crippen molar-refractivity contribution in [1.82, 2.24) is 0 Å². The second-order valence-corrected chi connectivity index (χ2v) is 9.09. The Hall–Kier alpha value is -2.57. The lowest BCUT2D eigenvalue weighted by Crippen LogP contribution is -3.14. The lowest BCUT2D eigenvalue weighted by Gasteiger charge is -2.31. The number of hydrogen-bond acceptors (Lipinski definition) is 4. The van der Waals surface area contributed by atoms with Crippen molar-refractivity contribution in [2.24, 2.45) is 0 Å². The van der Waals surface area contributed by atoms with Crippen LogP contribution in [-0.4, -0.2) is 18.4 Å². The van der Waals surface area contributed by atoms with Crippen LogP contribution in [0.5, 0.6) is 11.5 Å². The number of likely N-dealkylation sites (tertiary alicyclic amines) is 1. The molecule has 0 spiro atoms. The van der Waals surface area contributed by atoms with E-state index >= 15 is 0 Å². The topological polar surface area (TPSA) is 66.9 Å². The zero-order valence-electron chi connectivity index (χ0n) is 16.7. The van der Waals surface area contributed by atoms with E-state index in [1.54, 1.807) is 12.1 Å². The molecule has 1 N–H and O–H groups in total. The van der Waals surface area contributed by atoms with Crippen LogP contribution in [-0.2, 0) is 6.54 Å². The Balaban J connectivity index is 1.48. The second-order valence-electron chi connectivity index (χ2n) is 8.17. The predicted molar refractivity (Wildman–Crippen MR) is 116 cm³/mol. The number of rotatable bonds is 3. The van der Waals surface area contributed by atoms with Gasteiger partial charge in [0.05, 0.1) is 18.2 Å². The molecule has 0 amide bonds. The van der Waals surface area contributed by atoms with Gasteiger partial charge in [0.25, 0.3) is 0 Å². The molecule has 2 aliphatic heterocycles. The van der Waals surface area contributed by atoms with Crippen molar-refractivity contribution >= 4 is 38.8 Å².